The molecule has 2 aromatic carbocycles. The Bertz CT molecular complexity index is 1130. The second kappa shape index (κ2) is 9.26. The van der Waals surface area contributed by atoms with Gasteiger partial charge in [-0.15, -0.1) is 11.3 Å². The summed E-state index contributed by atoms with van der Waals surface area (Å²) >= 11 is 1.29. The van der Waals surface area contributed by atoms with E-state index in [9.17, 15) is 9.90 Å². The SMILES string of the molecule is CN(CCNCc1cn(-c2ccc(C(=O)O)s2)c2ccccc12)Cc1ccccc1. The van der Waals surface area contributed by atoms with E-state index in [2.05, 4.69) is 64.4 Å². The molecule has 30 heavy (non-hydrogen) atoms. The molecule has 0 radical (unpaired) electrons. The molecule has 5 nitrogen and oxygen atoms in total. The number of nitrogens with one attached hydrogen (secondary N) is 1. The van der Waals surface area contributed by atoms with Gasteiger partial charge in [-0.3, -0.25) is 0 Å². The van der Waals surface area contributed by atoms with E-state index >= 15 is 0 Å². The number of likely N-dealkylation sites (N-methyl/N-ethyl adjacent to an activating group) is 1. The van der Waals surface area contributed by atoms with Gasteiger partial charge in [-0.05, 0) is 36.4 Å². The number of hydrogen-bond donors (Lipinski definition) is 2. The van der Waals surface area contributed by atoms with Crippen molar-refractivity contribution in [2.75, 3.05) is 20.1 Å². The van der Waals surface area contributed by atoms with Gasteiger partial charge in [0.15, 0.2) is 0 Å². The first kappa shape index (κ1) is 20.3. The molecule has 0 aliphatic rings. The lowest BCUT2D eigenvalue weighted by Crippen LogP contribution is -2.28. The first-order valence-electron chi connectivity index (χ1n) is 9.97. The molecule has 0 spiro atoms. The van der Waals surface area contributed by atoms with Crippen LogP contribution in [0.4, 0.5) is 0 Å². The Kier molecular flexibility index (Phi) is 6.28. The lowest BCUT2D eigenvalue weighted by Gasteiger charge is -2.17. The third-order valence-corrected chi connectivity index (χ3v) is 6.19. The third-order valence-electron chi connectivity index (χ3n) is 5.12. The van der Waals surface area contributed by atoms with Crippen LogP contribution in [-0.4, -0.2) is 40.7 Å². The molecule has 6 heteroatoms. The van der Waals surface area contributed by atoms with Crippen LogP contribution in [-0.2, 0) is 13.1 Å². The Balaban J connectivity index is 1.41. The quantitative estimate of drug-likeness (QED) is 0.389. The number of rotatable bonds is 9. The summed E-state index contributed by atoms with van der Waals surface area (Å²) in [6.07, 6.45) is 2.11. The van der Waals surface area contributed by atoms with E-state index in [1.54, 1.807) is 6.07 Å². The highest BCUT2D eigenvalue weighted by Crippen LogP contribution is 2.29. The number of fused-ring (bicyclic) bond motifs is 1. The number of aromatic nitrogens is 1. The van der Waals surface area contributed by atoms with E-state index in [4.69, 9.17) is 0 Å². The number of benzene rings is 2. The summed E-state index contributed by atoms with van der Waals surface area (Å²) in [5.74, 6) is -0.885. The minimum absolute atomic E-state index is 0.351. The Labute approximate surface area is 180 Å². The lowest BCUT2D eigenvalue weighted by atomic mass is 10.2. The topological polar surface area (TPSA) is 57.5 Å². The van der Waals surface area contributed by atoms with Crippen molar-refractivity contribution in [3.8, 4) is 5.00 Å². The number of nitrogens with zero attached hydrogens (tertiary/aromatic N) is 2. The van der Waals surface area contributed by atoms with E-state index in [0.29, 0.717) is 4.88 Å². The summed E-state index contributed by atoms with van der Waals surface area (Å²) < 4.78 is 2.09. The molecule has 0 unspecified atom stereocenters. The maximum atomic E-state index is 11.2. The van der Waals surface area contributed by atoms with Crippen molar-refractivity contribution in [1.29, 1.82) is 0 Å². The van der Waals surface area contributed by atoms with Gasteiger partial charge in [-0.2, -0.15) is 0 Å². The van der Waals surface area contributed by atoms with Gasteiger partial charge in [0.05, 0.1) is 5.52 Å². The van der Waals surface area contributed by atoms with Crippen LogP contribution in [0.3, 0.4) is 0 Å². The van der Waals surface area contributed by atoms with E-state index in [0.717, 1.165) is 36.7 Å². The Morgan fingerprint density at radius 1 is 1.07 bits per heavy atom. The predicted octanol–water partition coefficient (Wildman–Crippen LogP) is 4.61. The fourth-order valence-electron chi connectivity index (χ4n) is 3.61. The molecule has 0 aliphatic heterocycles. The molecule has 4 aromatic rings. The molecule has 0 aliphatic carbocycles. The van der Waals surface area contributed by atoms with E-state index in [1.807, 2.05) is 24.3 Å². The van der Waals surface area contributed by atoms with Gasteiger partial charge in [0.2, 0.25) is 0 Å². The molecule has 154 valence electrons. The van der Waals surface area contributed by atoms with Gasteiger partial charge in [-0.25, -0.2) is 4.79 Å². The van der Waals surface area contributed by atoms with Crippen molar-refractivity contribution in [3.63, 3.8) is 0 Å². The summed E-state index contributed by atoms with van der Waals surface area (Å²) in [5.41, 5.74) is 3.62. The fourth-order valence-corrected chi connectivity index (χ4v) is 4.45. The standard InChI is InChI=1S/C24H25N3O2S/c1-26(16-18-7-3-2-4-8-18)14-13-25-15-19-17-27(21-10-6-5-9-20(19)21)23-12-11-22(30-23)24(28)29/h2-12,17,25H,13-16H2,1H3,(H,28,29). The highest BCUT2D eigenvalue weighted by atomic mass is 32.1. The molecule has 2 aromatic heterocycles. The number of aromatic carboxylic acids is 1. The molecule has 0 saturated carbocycles. The number of hydrogen-bond acceptors (Lipinski definition) is 4. The summed E-state index contributed by atoms with van der Waals surface area (Å²) in [4.78, 5) is 13.9. The maximum absolute atomic E-state index is 11.2. The van der Waals surface area contributed by atoms with Crippen molar-refractivity contribution in [1.82, 2.24) is 14.8 Å². The van der Waals surface area contributed by atoms with E-state index in [1.165, 1.54) is 27.8 Å². The van der Waals surface area contributed by atoms with Crippen LogP contribution in [0.1, 0.15) is 20.8 Å². The number of carbonyl (C=O) groups is 1. The normalized spacial score (nSPS) is 11.4. The summed E-state index contributed by atoms with van der Waals surface area (Å²) in [7, 11) is 2.14. The minimum atomic E-state index is -0.885. The highest BCUT2D eigenvalue weighted by Gasteiger charge is 2.13. The third kappa shape index (κ3) is 4.62. The van der Waals surface area contributed by atoms with Crippen LogP contribution in [0.25, 0.3) is 15.9 Å². The summed E-state index contributed by atoms with van der Waals surface area (Å²) in [6.45, 7) is 3.56. The smallest absolute Gasteiger partial charge is 0.345 e. The molecule has 0 saturated heterocycles. The predicted molar refractivity (Wildman–Crippen MR) is 123 cm³/mol. The number of para-hydroxylation sites is 1. The van der Waals surface area contributed by atoms with Crippen LogP contribution in [0.2, 0.25) is 0 Å². The maximum Gasteiger partial charge on any atom is 0.345 e. The number of thiophene rings is 1. The second-order valence-corrected chi connectivity index (χ2v) is 8.45. The molecule has 2 N–H and O–H groups in total. The zero-order valence-corrected chi connectivity index (χ0v) is 17.7. The average molecular weight is 420 g/mol. The molecule has 0 bridgehead atoms. The molecular formula is C24H25N3O2S. The number of carboxylic acids is 1. The van der Waals surface area contributed by atoms with Gasteiger partial charge < -0.3 is 19.9 Å². The van der Waals surface area contributed by atoms with Crippen LogP contribution in [0.15, 0.2) is 72.9 Å². The minimum Gasteiger partial charge on any atom is -0.477 e. The zero-order valence-electron chi connectivity index (χ0n) is 16.9. The monoisotopic (exact) mass is 419 g/mol. The Morgan fingerprint density at radius 3 is 2.60 bits per heavy atom. The van der Waals surface area contributed by atoms with Gasteiger partial charge in [-0.1, -0.05) is 48.5 Å². The van der Waals surface area contributed by atoms with Crippen LogP contribution < -0.4 is 5.32 Å². The molecule has 2 heterocycles. The fraction of sp³-hybridized carbons (Fsp3) is 0.208. The highest BCUT2D eigenvalue weighted by molar-refractivity contribution is 7.16. The Hall–Kier alpha value is -2.93. The Morgan fingerprint density at radius 2 is 1.83 bits per heavy atom. The van der Waals surface area contributed by atoms with Crippen LogP contribution in [0.5, 0.6) is 0 Å². The molecule has 4 rings (SSSR count). The average Bonchev–Trinajstić information content (AvgIpc) is 3.37. The summed E-state index contributed by atoms with van der Waals surface area (Å²) in [6, 6.07) is 22.3. The van der Waals surface area contributed by atoms with Gasteiger partial charge >= 0.3 is 5.97 Å². The first-order chi connectivity index (χ1) is 14.6. The van der Waals surface area contributed by atoms with E-state index < -0.39 is 5.97 Å². The lowest BCUT2D eigenvalue weighted by molar-refractivity contribution is 0.0702. The zero-order chi connectivity index (χ0) is 20.9. The van der Waals surface area contributed by atoms with Gasteiger partial charge in [0.1, 0.15) is 9.88 Å². The largest absolute Gasteiger partial charge is 0.477 e. The van der Waals surface area contributed by atoms with Crippen LogP contribution in [0, 0.1) is 0 Å². The van der Waals surface area contributed by atoms with Crippen LogP contribution >= 0.6 is 11.3 Å². The van der Waals surface area contributed by atoms with Crippen molar-refractivity contribution in [2.24, 2.45) is 0 Å². The summed E-state index contributed by atoms with van der Waals surface area (Å²) in [5, 5.41) is 14.9. The molecular weight excluding hydrogens is 394 g/mol. The molecule has 0 atom stereocenters. The van der Waals surface area contributed by atoms with Crippen molar-refractivity contribution < 1.29 is 9.90 Å². The van der Waals surface area contributed by atoms with Gasteiger partial charge in [0.25, 0.3) is 0 Å². The van der Waals surface area contributed by atoms with Crippen molar-refractivity contribution >= 4 is 28.2 Å². The first-order valence-corrected chi connectivity index (χ1v) is 10.8. The second-order valence-electron chi connectivity index (χ2n) is 7.38. The van der Waals surface area contributed by atoms with Gasteiger partial charge in [0, 0.05) is 37.8 Å². The van der Waals surface area contributed by atoms with Crippen molar-refractivity contribution in [3.05, 3.63) is 88.9 Å². The van der Waals surface area contributed by atoms with E-state index in [-0.39, 0.29) is 0 Å². The molecule has 0 fully saturated rings. The van der Waals surface area contributed by atoms with Crippen molar-refractivity contribution in [2.45, 2.75) is 13.1 Å². The molecule has 0 amide bonds. The number of carboxylic acid groups (broad SMARTS) is 1.